The lowest BCUT2D eigenvalue weighted by Crippen LogP contribution is -2.35. The first kappa shape index (κ1) is 19.8. The first-order chi connectivity index (χ1) is 13.1. The molecule has 0 saturated carbocycles. The van der Waals surface area contributed by atoms with Crippen molar-refractivity contribution in [3.05, 3.63) is 48.4 Å². The molecule has 0 atom stereocenters. The topological polar surface area (TPSA) is 116 Å². The summed E-state index contributed by atoms with van der Waals surface area (Å²) in [5.74, 6) is -0.535. The predicted molar refractivity (Wildman–Crippen MR) is 93.5 cm³/mol. The van der Waals surface area contributed by atoms with Crippen molar-refractivity contribution in [2.45, 2.75) is 0 Å². The maximum Gasteiger partial charge on any atom is 0.325 e. The van der Waals surface area contributed by atoms with Crippen LogP contribution in [-0.4, -0.2) is 51.2 Å². The zero-order valence-corrected chi connectivity index (χ0v) is 14.7. The van der Waals surface area contributed by atoms with Crippen LogP contribution in [0.15, 0.2) is 47.1 Å². The Labute approximate surface area is 155 Å². The standard InChI is InChI=1S/C18H20N2O7/c1-24-13-5-2-3-6-14(13)26-10-8-19-16(21)12-27-17(22)11-20-18(23)15-7-4-9-25-15/h2-7,9H,8,10-12H2,1H3,(H,19,21)(H,20,23). The van der Waals surface area contributed by atoms with Gasteiger partial charge in [0.05, 0.1) is 19.9 Å². The molecule has 2 amide bonds. The molecule has 1 heterocycles. The van der Waals surface area contributed by atoms with Gasteiger partial charge in [-0.2, -0.15) is 0 Å². The molecule has 2 aromatic rings. The molecule has 2 rings (SSSR count). The number of para-hydroxylation sites is 2. The van der Waals surface area contributed by atoms with E-state index >= 15 is 0 Å². The summed E-state index contributed by atoms with van der Waals surface area (Å²) in [4.78, 5) is 34.7. The predicted octanol–water partition coefficient (Wildman–Crippen LogP) is 0.756. The molecule has 9 heteroatoms. The number of hydrogen-bond acceptors (Lipinski definition) is 7. The molecule has 9 nitrogen and oxygen atoms in total. The van der Waals surface area contributed by atoms with Gasteiger partial charge in [0.15, 0.2) is 23.9 Å². The van der Waals surface area contributed by atoms with Gasteiger partial charge in [0.1, 0.15) is 13.2 Å². The second-order valence-electron chi connectivity index (χ2n) is 5.17. The third-order valence-electron chi connectivity index (χ3n) is 3.25. The Balaban J connectivity index is 1.57. The first-order valence-corrected chi connectivity index (χ1v) is 8.10. The number of nitrogens with one attached hydrogen (secondary N) is 2. The van der Waals surface area contributed by atoms with Crippen LogP contribution in [0.4, 0.5) is 0 Å². The Morgan fingerprint density at radius 1 is 1.04 bits per heavy atom. The summed E-state index contributed by atoms with van der Waals surface area (Å²) in [5.41, 5.74) is 0. The van der Waals surface area contributed by atoms with Gasteiger partial charge in [-0.15, -0.1) is 0 Å². The van der Waals surface area contributed by atoms with Crippen LogP contribution in [0.5, 0.6) is 11.5 Å². The van der Waals surface area contributed by atoms with Gasteiger partial charge < -0.3 is 29.3 Å². The summed E-state index contributed by atoms with van der Waals surface area (Å²) in [5, 5.41) is 4.87. The summed E-state index contributed by atoms with van der Waals surface area (Å²) < 4.78 is 20.3. The van der Waals surface area contributed by atoms with Crippen molar-refractivity contribution in [2.24, 2.45) is 0 Å². The minimum absolute atomic E-state index is 0.0792. The molecule has 0 unspecified atom stereocenters. The van der Waals surface area contributed by atoms with Gasteiger partial charge in [-0.3, -0.25) is 14.4 Å². The number of esters is 1. The summed E-state index contributed by atoms with van der Waals surface area (Å²) in [6.07, 6.45) is 1.34. The highest BCUT2D eigenvalue weighted by molar-refractivity contribution is 5.93. The van der Waals surface area contributed by atoms with Crippen LogP contribution in [0.25, 0.3) is 0 Å². The molecular formula is C18H20N2O7. The van der Waals surface area contributed by atoms with Gasteiger partial charge in [-0.05, 0) is 24.3 Å². The number of carbonyl (C=O) groups is 3. The number of benzene rings is 1. The normalized spacial score (nSPS) is 9.96. The second kappa shape index (κ2) is 10.5. The number of carbonyl (C=O) groups excluding carboxylic acids is 3. The number of furan rings is 1. The fourth-order valence-electron chi connectivity index (χ4n) is 1.98. The number of hydrogen-bond donors (Lipinski definition) is 2. The number of rotatable bonds is 10. The van der Waals surface area contributed by atoms with Crippen LogP contribution in [0.1, 0.15) is 10.6 Å². The van der Waals surface area contributed by atoms with Crippen LogP contribution < -0.4 is 20.1 Å². The molecule has 1 aromatic carbocycles. The SMILES string of the molecule is COc1ccccc1OCCNC(=O)COC(=O)CNC(=O)c1ccco1. The van der Waals surface area contributed by atoms with E-state index in [1.807, 2.05) is 6.07 Å². The van der Waals surface area contributed by atoms with E-state index in [4.69, 9.17) is 18.6 Å². The number of ether oxygens (including phenoxy) is 3. The molecule has 144 valence electrons. The first-order valence-electron chi connectivity index (χ1n) is 8.10. The van der Waals surface area contributed by atoms with Crippen molar-refractivity contribution in [3.8, 4) is 11.5 Å². The van der Waals surface area contributed by atoms with E-state index in [1.54, 1.807) is 24.3 Å². The van der Waals surface area contributed by atoms with Crippen LogP contribution in [-0.2, 0) is 14.3 Å². The number of amides is 2. The maximum atomic E-state index is 11.6. The Kier molecular flexibility index (Phi) is 7.70. The second-order valence-corrected chi connectivity index (χ2v) is 5.17. The van der Waals surface area contributed by atoms with Gasteiger partial charge in [-0.25, -0.2) is 0 Å². The molecule has 0 aliphatic heterocycles. The Hall–Kier alpha value is -3.49. The average molecular weight is 376 g/mol. The lowest BCUT2D eigenvalue weighted by molar-refractivity contribution is -0.147. The Bertz CT molecular complexity index is 759. The quantitative estimate of drug-likeness (QED) is 0.464. The zero-order chi connectivity index (χ0) is 19.5. The fourth-order valence-corrected chi connectivity index (χ4v) is 1.98. The average Bonchev–Trinajstić information content (AvgIpc) is 3.23. The summed E-state index contributed by atoms with van der Waals surface area (Å²) >= 11 is 0. The summed E-state index contributed by atoms with van der Waals surface area (Å²) in [6, 6.07) is 10.1. The monoisotopic (exact) mass is 376 g/mol. The molecule has 0 saturated heterocycles. The van der Waals surface area contributed by atoms with E-state index < -0.39 is 24.4 Å². The minimum atomic E-state index is -0.740. The smallest absolute Gasteiger partial charge is 0.325 e. The van der Waals surface area contributed by atoms with E-state index in [0.29, 0.717) is 11.5 Å². The third-order valence-corrected chi connectivity index (χ3v) is 3.25. The molecule has 0 aliphatic rings. The molecule has 1 aromatic heterocycles. The highest BCUT2D eigenvalue weighted by Gasteiger charge is 2.12. The fraction of sp³-hybridized carbons (Fsp3) is 0.278. The van der Waals surface area contributed by atoms with Gasteiger partial charge >= 0.3 is 5.97 Å². The van der Waals surface area contributed by atoms with Crippen LogP contribution in [0.3, 0.4) is 0 Å². The largest absolute Gasteiger partial charge is 0.493 e. The van der Waals surface area contributed by atoms with Gasteiger partial charge in [-0.1, -0.05) is 12.1 Å². The van der Waals surface area contributed by atoms with Crippen LogP contribution in [0, 0.1) is 0 Å². The van der Waals surface area contributed by atoms with Crippen molar-refractivity contribution < 1.29 is 33.0 Å². The maximum absolute atomic E-state index is 11.6. The Morgan fingerprint density at radius 3 is 2.52 bits per heavy atom. The highest BCUT2D eigenvalue weighted by Crippen LogP contribution is 2.25. The molecule has 0 bridgehead atoms. The van der Waals surface area contributed by atoms with Crippen LogP contribution in [0.2, 0.25) is 0 Å². The lowest BCUT2D eigenvalue weighted by Gasteiger charge is -2.11. The summed E-state index contributed by atoms with van der Waals surface area (Å²) in [6.45, 7) is -0.378. The van der Waals surface area contributed by atoms with Crippen LogP contribution >= 0.6 is 0 Å². The molecule has 0 spiro atoms. The lowest BCUT2D eigenvalue weighted by atomic mass is 10.3. The molecule has 0 aliphatic carbocycles. The van der Waals surface area contributed by atoms with Crippen molar-refractivity contribution >= 4 is 17.8 Å². The third kappa shape index (κ3) is 6.73. The Morgan fingerprint density at radius 2 is 1.81 bits per heavy atom. The zero-order valence-electron chi connectivity index (χ0n) is 14.7. The van der Waals surface area contributed by atoms with E-state index in [0.717, 1.165) is 0 Å². The van der Waals surface area contributed by atoms with E-state index in [-0.39, 0.29) is 25.5 Å². The molecular weight excluding hydrogens is 356 g/mol. The number of methoxy groups -OCH3 is 1. The minimum Gasteiger partial charge on any atom is -0.493 e. The highest BCUT2D eigenvalue weighted by atomic mass is 16.5. The van der Waals surface area contributed by atoms with Crippen molar-refractivity contribution in [1.29, 1.82) is 0 Å². The molecule has 27 heavy (non-hydrogen) atoms. The van der Waals surface area contributed by atoms with Crippen molar-refractivity contribution in [2.75, 3.05) is 33.4 Å². The van der Waals surface area contributed by atoms with Gasteiger partial charge in [0.2, 0.25) is 0 Å². The van der Waals surface area contributed by atoms with E-state index in [1.165, 1.54) is 19.4 Å². The summed E-state index contributed by atoms with van der Waals surface area (Å²) in [7, 11) is 1.54. The van der Waals surface area contributed by atoms with Crippen molar-refractivity contribution in [3.63, 3.8) is 0 Å². The van der Waals surface area contributed by atoms with E-state index in [2.05, 4.69) is 10.6 Å². The van der Waals surface area contributed by atoms with Crippen molar-refractivity contribution in [1.82, 2.24) is 10.6 Å². The van der Waals surface area contributed by atoms with E-state index in [9.17, 15) is 14.4 Å². The molecule has 0 fully saturated rings. The molecule has 2 N–H and O–H groups in total. The van der Waals surface area contributed by atoms with Gasteiger partial charge in [0.25, 0.3) is 11.8 Å². The molecule has 0 radical (unpaired) electrons. The van der Waals surface area contributed by atoms with Gasteiger partial charge in [0, 0.05) is 0 Å².